The van der Waals surface area contributed by atoms with Gasteiger partial charge in [-0.1, -0.05) is 42.1 Å². The number of hydrogen-bond acceptors (Lipinski definition) is 7. The molecule has 0 atom stereocenters. The van der Waals surface area contributed by atoms with E-state index in [0.29, 0.717) is 23.9 Å². The molecule has 3 aromatic rings. The van der Waals surface area contributed by atoms with Gasteiger partial charge in [-0.2, -0.15) is 0 Å². The number of esters is 1. The number of thioether (sulfide) groups is 1. The summed E-state index contributed by atoms with van der Waals surface area (Å²) in [6.07, 6.45) is 0. The minimum absolute atomic E-state index is 0.0435. The molecule has 0 saturated carbocycles. The van der Waals surface area contributed by atoms with E-state index in [1.54, 1.807) is 4.90 Å². The summed E-state index contributed by atoms with van der Waals surface area (Å²) in [5, 5.41) is 0.409. The van der Waals surface area contributed by atoms with Crippen molar-refractivity contribution in [1.82, 2.24) is 9.88 Å². The SMILES string of the molecule is O=C(CSc1nc2ccccc2o1)OCC(=O)N1CCN(c2ccccc2)CC1. The van der Waals surface area contributed by atoms with Gasteiger partial charge in [-0.05, 0) is 24.3 Å². The minimum atomic E-state index is -0.464. The second-order valence-corrected chi connectivity index (χ2v) is 7.53. The zero-order chi connectivity index (χ0) is 20.1. The number of oxazole rings is 1. The van der Waals surface area contributed by atoms with Gasteiger partial charge < -0.3 is 19.0 Å². The fraction of sp³-hybridized carbons (Fsp3) is 0.286. The monoisotopic (exact) mass is 411 g/mol. The van der Waals surface area contributed by atoms with Crippen LogP contribution in [-0.4, -0.2) is 60.3 Å². The normalized spacial score (nSPS) is 14.2. The lowest BCUT2D eigenvalue weighted by molar-refractivity contribution is -0.150. The van der Waals surface area contributed by atoms with Gasteiger partial charge in [0.15, 0.2) is 12.2 Å². The number of nitrogens with zero attached hydrogens (tertiary/aromatic N) is 3. The van der Waals surface area contributed by atoms with Crippen LogP contribution in [0.25, 0.3) is 11.1 Å². The number of fused-ring (bicyclic) bond motifs is 1. The van der Waals surface area contributed by atoms with Crippen molar-refractivity contribution in [3.8, 4) is 0 Å². The Morgan fingerprint density at radius 3 is 2.48 bits per heavy atom. The first kappa shape index (κ1) is 19.3. The molecule has 4 rings (SSSR count). The molecule has 1 fully saturated rings. The van der Waals surface area contributed by atoms with Crippen LogP contribution in [-0.2, 0) is 14.3 Å². The molecular weight excluding hydrogens is 390 g/mol. The third kappa shape index (κ3) is 4.89. The molecule has 150 valence electrons. The summed E-state index contributed by atoms with van der Waals surface area (Å²) in [6.45, 7) is 2.51. The molecule has 0 unspecified atom stereocenters. The molecule has 1 aliphatic rings. The van der Waals surface area contributed by atoms with Crippen LogP contribution in [0.3, 0.4) is 0 Å². The summed E-state index contributed by atoms with van der Waals surface area (Å²) >= 11 is 1.16. The minimum Gasteiger partial charge on any atom is -0.455 e. The Hall–Kier alpha value is -3.00. The van der Waals surface area contributed by atoms with Gasteiger partial charge in [0.1, 0.15) is 11.3 Å². The van der Waals surface area contributed by atoms with Crippen molar-refractivity contribution in [2.45, 2.75) is 5.22 Å². The van der Waals surface area contributed by atoms with Crippen LogP contribution in [0.2, 0.25) is 0 Å². The molecule has 1 saturated heterocycles. The smallest absolute Gasteiger partial charge is 0.316 e. The van der Waals surface area contributed by atoms with Crippen molar-refractivity contribution in [3.05, 3.63) is 54.6 Å². The van der Waals surface area contributed by atoms with E-state index in [0.717, 1.165) is 36.1 Å². The fourth-order valence-corrected chi connectivity index (χ4v) is 3.80. The van der Waals surface area contributed by atoms with Gasteiger partial charge in [0.25, 0.3) is 11.1 Å². The molecule has 0 spiro atoms. The number of ether oxygens (including phenoxy) is 1. The van der Waals surface area contributed by atoms with Crippen molar-refractivity contribution >= 4 is 40.4 Å². The predicted molar refractivity (Wildman–Crippen MR) is 111 cm³/mol. The van der Waals surface area contributed by atoms with Gasteiger partial charge in [-0.3, -0.25) is 9.59 Å². The van der Waals surface area contributed by atoms with E-state index in [4.69, 9.17) is 9.15 Å². The van der Waals surface area contributed by atoms with E-state index < -0.39 is 5.97 Å². The first-order chi connectivity index (χ1) is 14.2. The topological polar surface area (TPSA) is 75.9 Å². The van der Waals surface area contributed by atoms with Crippen molar-refractivity contribution in [2.75, 3.05) is 43.4 Å². The van der Waals surface area contributed by atoms with Crippen LogP contribution < -0.4 is 4.90 Å². The summed E-state index contributed by atoms with van der Waals surface area (Å²) in [6, 6.07) is 17.5. The Bertz CT molecular complexity index is 951. The fourth-order valence-electron chi connectivity index (χ4n) is 3.16. The Labute approximate surface area is 172 Å². The van der Waals surface area contributed by atoms with E-state index in [1.165, 1.54) is 0 Å². The van der Waals surface area contributed by atoms with E-state index in [-0.39, 0.29) is 18.3 Å². The number of hydrogen-bond donors (Lipinski definition) is 0. The first-order valence-electron chi connectivity index (χ1n) is 9.41. The highest BCUT2D eigenvalue weighted by molar-refractivity contribution is 7.99. The number of benzene rings is 2. The molecule has 0 N–H and O–H groups in total. The lowest BCUT2D eigenvalue weighted by Gasteiger charge is -2.36. The molecular formula is C21H21N3O4S. The number of aromatic nitrogens is 1. The Balaban J connectivity index is 1.19. The Kier molecular flexibility index (Phi) is 6.00. The second-order valence-electron chi connectivity index (χ2n) is 6.60. The van der Waals surface area contributed by atoms with E-state index >= 15 is 0 Å². The van der Waals surface area contributed by atoms with Gasteiger partial charge in [-0.25, -0.2) is 4.98 Å². The van der Waals surface area contributed by atoms with Crippen LogP contribution in [0.1, 0.15) is 0 Å². The molecule has 0 aliphatic carbocycles. The van der Waals surface area contributed by atoms with Gasteiger partial charge in [0.05, 0.1) is 0 Å². The van der Waals surface area contributed by atoms with Crippen LogP contribution >= 0.6 is 11.8 Å². The van der Waals surface area contributed by atoms with E-state index in [1.807, 2.05) is 42.5 Å². The maximum absolute atomic E-state index is 12.3. The molecule has 29 heavy (non-hydrogen) atoms. The number of amides is 1. The Morgan fingerprint density at radius 1 is 1.00 bits per heavy atom. The summed E-state index contributed by atoms with van der Waals surface area (Å²) < 4.78 is 10.7. The van der Waals surface area contributed by atoms with Crippen LogP contribution in [0.5, 0.6) is 0 Å². The summed E-state index contributed by atoms with van der Waals surface area (Å²) in [5.41, 5.74) is 2.57. The highest BCUT2D eigenvalue weighted by Gasteiger charge is 2.22. The van der Waals surface area contributed by atoms with E-state index in [9.17, 15) is 9.59 Å². The van der Waals surface area contributed by atoms with Crippen molar-refractivity contribution in [1.29, 1.82) is 0 Å². The second kappa shape index (κ2) is 9.00. The zero-order valence-electron chi connectivity index (χ0n) is 15.8. The van der Waals surface area contributed by atoms with Gasteiger partial charge in [0.2, 0.25) is 0 Å². The average molecular weight is 411 g/mol. The molecule has 2 heterocycles. The zero-order valence-corrected chi connectivity index (χ0v) is 16.6. The summed E-state index contributed by atoms with van der Waals surface area (Å²) in [7, 11) is 0. The summed E-state index contributed by atoms with van der Waals surface area (Å²) in [4.78, 5) is 32.6. The van der Waals surface area contributed by atoms with Crippen molar-refractivity contribution in [3.63, 3.8) is 0 Å². The number of carbonyl (C=O) groups excluding carboxylic acids is 2. The Morgan fingerprint density at radius 2 is 1.72 bits per heavy atom. The van der Waals surface area contributed by atoms with E-state index in [2.05, 4.69) is 22.0 Å². The number of anilines is 1. The van der Waals surface area contributed by atoms with Crippen LogP contribution in [0.4, 0.5) is 5.69 Å². The quantitative estimate of drug-likeness (QED) is 0.456. The largest absolute Gasteiger partial charge is 0.455 e. The molecule has 0 bridgehead atoms. The maximum atomic E-state index is 12.3. The number of piperazine rings is 1. The third-order valence-corrected chi connectivity index (χ3v) is 5.50. The highest BCUT2D eigenvalue weighted by Crippen LogP contribution is 2.23. The predicted octanol–water partition coefficient (Wildman–Crippen LogP) is 2.81. The first-order valence-corrected chi connectivity index (χ1v) is 10.4. The molecule has 0 radical (unpaired) electrons. The summed E-state index contributed by atoms with van der Waals surface area (Å²) in [5.74, 6) is -0.589. The van der Waals surface area contributed by atoms with Crippen LogP contribution in [0, 0.1) is 0 Å². The van der Waals surface area contributed by atoms with Crippen LogP contribution in [0.15, 0.2) is 64.2 Å². The highest BCUT2D eigenvalue weighted by atomic mass is 32.2. The molecule has 1 aromatic heterocycles. The standard InChI is InChI=1S/C21H21N3O4S/c25-19(24-12-10-23(11-13-24)16-6-2-1-3-7-16)14-27-20(26)15-29-21-22-17-8-4-5-9-18(17)28-21/h1-9H,10-15H2. The average Bonchev–Trinajstić information content (AvgIpc) is 3.20. The molecule has 1 amide bonds. The molecule has 8 heteroatoms. The lowest BCUT2D eigenvalue weighted by atomic mass is 10.2. The number of rotatable bonds is 6. The molecule has 2 aromatic carbocycles. The molecule has 1 aliphatic heterocycles. The van der Waals surface area contributed by atoms with Crippen molar-refractivity contribution in [2.24, 2.45) is 0 Å². The van der Waals surface area contributed by atoms with Gasteiger partial charge in [-0.15, -0.1) is 0 Å². The third-order valence-electron chi connectivity index (χ3n) is 4.70. The van der Waals surface area contributed by atoms with Gasteiger partial charge in [0, 0.05) is 31.9 Å². The number of carbonyl (C=O) groups is 2. The molecule has 7 nitrogen and oxygen atoms in total. The number of para-hydroxylation sites is 3. The maximum Gasteiger partial charge on any atom is 0.316 e. The lowest BCUT2D eigenvalue weighted by Crippen LogP contribution is -2.49. The van der Waals surface area contributed by atoms with Gasteiger partial charge >= 0.3 is 5.97 Å². The van der Waals surface area contributed by atoms with Crippen molar-refractivity contribution < 1.29 is 18.7 Å².